The minimum atomic E-state index is -0.481. The Morgan fingerprint density at radius 2 is 2.00 bits per heavy atom. The molecule has 7 heteroatoms. The first kappa shape index (κ1) is 15.5. The number of nitrogens with zero attached hydrogens (tertiary/aromatic N) is 5. The van der Waals surface area contributed by atoms with Crippen LogP contribution in [0, 0.1) is 13.8 Å². The quantitative estimate of drug-likeness (QED) is 0.875. The lowest BCUT2D eigenvalue weighted by atomic mass is 10.2. The number of likely N-dealkylation sites (tertiary alicyclic amines) is 2. The summed E-state index contributed by atoms with van der Waals surface area (Å²) >= 11 is 0. The van der Waals surface area contributed by atoms with Gasteiger partial charge in [0.1, 0.15) is 5.56 Å². The lowest BCUT2D eigenvalue weighted by Gasteiger charge is -2.25. The number of carbonyl (C=O) groups excluding carboxylic acids is 1. The largest absolute Gasteiger partial charge is 0.390 e. The molecule has 0 bridgehead atoms. The van der Waals surface area contributed by atoms with Crippen molar-refractivity contribution in [1.29, 1.82) is 0 Å². The van der Waals surface area contributed by atoms with Crippen LogP contribution in [-0.2, 0) is 0 Å². The number of hydrogen-bond donors (Lipinski definition) is 1. The highest BCUT2D eigenvalue weighted by atomic mass is 16.3. The van der Waals surface area contributed by atoms with E-state index in [1.807, 2.05) is 19.9 Å². The molecule has 2 fully saturated rings. The third kappa shape index (κ3) is 2.48. The SMILES string of the molecule is Cc1cc(C)n2ncc(C(=O)N3CC(O)C(N4CCCC4)C3)c2n1. The maximum atomic E-state index is 13.0. The Hall–Kier alpha value is -1.99. The van der Waals surface area contributed by atoms with Gasteiger partial charge in [0.25, 0.3) is 5.91 Å². The molecule has 1 N–H and O–H groups in total. The van der Waals surface area contributed by atoms with E-state index in [4.69, 9.17) is 0 Å². The molecule has 0 spiro atoms. The normalized spacial score (nSPS) is 25.0. The van der Waals surface area contributed by atoms with Crippen LogP contribution < -0.4 is 0 Å². The van der Waals surface area contributed by atoms with E-state index in [1.54, 1.807) is 15.6 Å². The van der Waals surface area contributed by atoms with Gasteiger partial charge in [-0.3, -0.25) is 9.69 Å². The Bertz CT molecular complexity index is 781. The van der Waals surface area contributed by atoms with Gasteiger partial charge in [0, 0.05) is 24.5 Å². The molecule has 0 aliphatic carbocycles. The van der Waals surface area contributed by atoms with Gasteiger partial charge in [-0.05, 0) is 45.8 Å². The van der Waals surface area contributed by atoms with Gasteiger partial charge in [0.05, 0.1) is 18.3 Å². The van der Waals surface area contributed by atoms with E-state index in [2.05, 4.69) is 15.0 Å². The second-order valence-corrected chi connectivity index (χ2v) is 6.92. The first-order valence-electron chi connectivity index (χ1n) is 8.58. The highest BCUT2D eigenvalue weighted by Crippen LogP contribution is 2.23. The van der Waals surface area contributed by atoms with Crippen LogP contribution in [0.15, 0.2) is 12.3 Å². The van der Waals surface area contributed by atoms with Gasteiger partial charge in [0.2, 0.25) is 0 Å². The van der Waals surface area contributed by atoms with Gasteiger partial charge in [0.15, 0.2) is 5.65 Å². The monoisotopic (exact) mass is 329 g/mol. The zero-order valence-electron chi connectivity index (χ0n) is 14.1. The number of β-amino-alcohol motifs (C(OH)–C–C–N with tert-alkyl or cyclic N) is 1. The Morgan fingerprint density at radius 3 is 2.75 bits per heavy atom. The smallest absolute Gasteiger partial charge is 0.259 e. The molecule has 7 nitrogen and oxygen atoms in total. The third-order valence-electron chi connectivity index (χ3n) is 5.16. The van der Waals surface area contributed by atoms with E-state index in [9.17, 15) is 9.90 Å². The van der Waals surface area contributed by atoms with E-state index < -0.39 is 6.10 Å². The lowest BCUT2D eigenvalue weighted by Crippen LogP contribution is -2.41. The molecule has 2 saturated heterocycles. The van der Waals surface area contributed by atoms with Crippen LogP contribution in [0.3, 0.4) is 0 Å². The predicted octanol–water partition coefficient (Wildman–Crippen LogP) is 0.627. The number of aryl methyl sites for hydroxylation is 2. The molecule has 128 valence electrons. The van der Waals surface area contributed by atoms with E-state index >= 15 is 0 Å². The van der Waals surface area contributed by atoms with Crippen molar-refractivity contribution in [3.8, 4) is 0 Å². The predicted molar refractivity (Wildman–Crippen MR) is 89.0 cm³/mol. The molecule has 2 aliphatic rings. The van der Waals surface area contributed by atoms with Crippen molar-refractivity contribution in [2.45, 2.75) is 38.8 Å². The first-order valence-corrected chi connectivity index (χ1v) is 8.58. The summed E-state index contributed by atoms with van der Waals surface area (Å²) < 4.78 is 1.70. The van der Waals surface area contributed by atoms with Crippen molar-refractivity contribution in [3.05, 3.63) is 29.2 Å². The van der Waals surface area contributed by atoms with Crippen LogP contribution in [0.2, 0.25) is 0 Å². The minimum Gasteiger partial charge on any atom is -0.390 e. The lowest BCUT2D eigenvalue weighted by molar-refractivity contribution is 0.0765. The van der Waals surface area contributed by atoms with E-state index in [-0.39, 0.29) is 11.9 Å². The fourth-order valence-electron chi connectivity index (χ4n) is 3.96. The van der Waals surface area contributed by atoms with Gasteiger partial charge in [-0.1, -0.05) is 0 Å². The zero-order valence-corrected chi connectivity index (χ0v) is 14.1. The van der Waals surface area contributed by atoms with Crippen molar-refractivity contribution in [2.24, 2.45) is 0 Å². The van der Waals surface area contributed by atoms with Gasteiger partial charge in [-0.15, -0.1) is 0 Å². The third-order valence-corrected chi connectivity index (χ3v) is 5.16. The van der Waals surface area contributed by atoms with Crippen molar-refractivity contribution in [3.63, 3.8) is 0 Å². The summed E-state index contributed by atoms with van der Waals surface area (Å²) in [5.41, 5.74) is 2.92. The van der Waals surface area contributed by atoms with Gasteiger partial charge in [-0.25, -0.2) is 9.50 Å². The van der Waals surface area contributed by atoms with Crippen LogP contribution in [0.25, 0.3) is 5.65 Å². The highest BCUT2D eigenvalue weighted by Gasteiger charge is 2.39. The number of fused-ring (bicyclic) bond motifs is 1. The zero-order chi connectivity index (χ0) is 16.8. The molecule has 2 aromatic rings. The molecule has 0 saturated carbocycles. The molecule has 4 heterocycles. The molecule has 0 radical (unpaired) electrons. The Labute approximate surface area is 140 Å². The van der Waals surface area contributed by atoms with Crippen LogP contribution in [0.5, 0.6) is 0 Å². The Balaban J connectivity index is 1.60. The van der Waals surface area contributed by atoms with Crippen LogP contribution >= 0.6 is 0 Å². The van der Waals surface area contributed by atoms with Crippen LogP contribution in [0.4, 0.5) is 0 Å². The van der Waals surface area contributed by atoms with Gasteiger partial charge in [-0.2, -0.15) is 5.10 Å². The van der Waals surface area contributed by atoms with Gasteiger partial charge >= 0.3 is 0 Å². The molecule has 0 aromatic carbocycles. The van der Waals surface area contributed by atoms with Crippen LogP contribution in [0.1, 0.15) is 34.6 Å². The number of aliphatic hydroxyl groups is 1. The van der Waals surface area contributed by atoms with Crippen molar-refractivity contribution < 1.29 is 9.90 Å². The second kappa shape index (κ2) is 5.82. The summed E-state index contributed by atoms with van der Waals surface area (Å²) in [7, 11) is 0. The molecule has 2 unspecified atom stereocenters. The fraction of sp³-hybridized carbons (Fsp3) is 0.588. The van der Waals surface area contributed by atoms with Crippen molar-refractivity contribution >= 4 is 11.6 Å². The molecule has 2 aromatic heterocycles. The van der Waals surface area contributed by atoms with Crippen molar-refractivity contribution in [1.82, 2.24) is 24.4 Å². The molecular formula is C17H23N5O2. The first-order chi connectivity index (χ1) is 11.5. The molecule has 2 atom stereocenters. The maximum Gasteiger partial charge on any atom is 0.259 e. The Kier molecular flexibility index (Phi) is 3.77. The number of aliphatic hydroxyl groups excluding tert-OH is 1. The summed E-state index contributed by atoms with van der Waals surface area (Å²) in [5, 5.41) is 14.7. The summed E-state index contributed by atoms with van der Waals surface area (Å²) in [4.78, 5) is 21.5. The molecule has 4 rings (SSSR count). The maximum absolute atomic E-state index is 13.0. The summed E-state index contributed by atoms with van der Waals surface area (Å²) in [6.07, 6.45) is 3.46. The number of amides is 1. The minimum absolute atomic E-state index is 0.0507. The summed E-state index contributed by atoms with van der Waals surface area (Å²) in [5.74, 6) is -0.0942. The van der Waals surface area contributed by atoms with E-state index in [1.165, 1.54) is 12.8 Å². The molecule has 2 aliphatic heterocycles. The Morgan fingerprint density at radius 1 is 1.25 bits per heavy atom. The van der Waals surface area contributed by atoms with E-state index in [0.717, 1.165) is 24.5 Å². The van der Waals surface area contributed by atoms with E-state index in [0.29, 0.717) is 24.3 Å². The standard InChI is InChI=1S/C17H23N5O2/c1-11-7-12(2)22-16(19-11)13(8-18-22)17(24)21-9-14(15(23)10-21)20-5-3-4-6-20/h7-8,14-15,23H,3-6,9-10H2,1-2H3. The average molecular weight is 329 g/mol. The molecule has 1 amide bonds. The molecular weight excluding hydrogens is 306 g/mol. The second-order valence-electron chi connectivity index (χ2n) is 6.92. The number of hydrogen-bond acceptors (Lipinski definition) is 5. The fourth-order valence-corrected chi connectivity index (χ4v) is 3.96. The average Bonchev–Trinajstić information content (AvgIpc) is 3.24. The van der Waals surface area contributed by atoms with Crippen LogP contribution in [-0.4, -0.2) is 73.7 Å². The highest BCUT2D eigenvalue weighted by molar-refractivity contribution is 5.99. The van der Waals surface area contributed by atoms with Gasteiger partial charge < -0.3 is 10.0 Å². The number of carbonyl (C=O) groups is 1. The number of rotatable bonds is 2. The summed E-state index contributed by atoms with van der Waals surface area (Å²) in [6, 6.07) is 1.99. The van der Waals surface area contributed by atoms with Crippen molar-refractivity contribution in [2.75, 3.05) is 26.2 Å². The topological polar surface area (TPSA) is 74.0 Å². The summed E-state index contributed by atoms with van der Waals surface area (Å²) in [6.45, 7) is 6.84. The molecule has 24 heavy (non-hydrogen) atoms. The number of aromatic nitrogens is 3.